The fourth-order valence-electron chi connectivity index (χ4n) is 7.80. The van der Waals surface area contributed by atoms with E-state index in [0.29, 0.717) is 0 Å². The summed E-state index contributed by atoms with van der Waals surface area (Å²) in [5, 5.41) is 0. The number of benzene rings is 1. The van der Waals surface area contributed by atoms with Gasteiger partial charge in [0.1, 0.15) is 0 Å². The second-order valence-electron chi connectivity index (χ2n) is 10.5. The summed E-state index contributed by atoms with van der Waals surface area (Å²) < 4.78 is 0. The molecule has 0 atom stereocenters. The SMILES string of the molecule is C=C(Cc1ccc(C2C3CC4CC(C3)CC2C4)cc1)N(CC)C1CCCCC1. The Morgan fingerprint density at radius 1 is 0.893 bits per heavy atom. The summed E-state index contributed by atoms with van der Waals surface area (Å²) in [6.45, 7) is 7.90. The molecule has 1 aromatic rings. The zero-order chi connectivity index (χ0) is 19.1. The van der Waals surface area contributed by atoms with Crippen LogP contribution in [-0.2, 0) is 6.42 Å². The topological polar surface area (TPSA) is 3.24 Å². The van der Waals surface area contributed by atoms with Gasteiger partial charge in [0.25, 0.3) is 0 Å². The Morgan fingerprint density at radius 3 is 2.07 bits per heavy atom. The molecule has 1 nitrogen and oxygen atoms in total. The van der Waals surface area contributed by atoms with Crippen molar-refractivity contribution in [3.63, 3.8) is 0 Å². The van der Waals surface area contributed by atoms with Gasteiger partial charge in [0.05, 0.1) is 0 Å². The lowest BCUT2D eigenvalue weighted by Crippen LogP contribution is -2.43. The summed E-state index contributed by atoms with van der Waals surface area (Å²) in [6.07, 6.45) is 15.6. The predicted molar refractivity (Wildman–Crippen MR) is 118 cm³/mol. The molecule has 0 unspecified atom stereocenters. The molecule has 0 N–H and O–H groups in total. The maximum atomic E-state index is 4.49. The first kappa shape index (κ1) is 18.8. The van der Waals surface area contributed by atoms with Crippen molar-refractivity contribution in [3.8, 4) is 0 Å². The number of rotatable bonds is 6. The van der Waals surface area contributed by atoms with Crippen LogP contribution in [0.4, 0.5) is 0 Å². The normalized spacial score (nSPS) is 34.5. The Balaban J connectivity index is 1.24. The molecule has 6 rings (SSSR count). The third-order valence-electron chi connectivity index (χ3n) is 8.76. The zero-order valence-electron chi connectivity index (χ0n) is 17.9. The van der Waals surface area contributed by atoms with Crippen LogP contribution < -0.4 is 0 Å². The van der Waals surface area contributed by atoms with Crippen LogP contribution in [0, 0.1) is 23.7 Å². The van der Waals surface area contributed by atoms with Gasteiger partial charge in [-0.05, 0) is 92.6 Å². The smallest absolute Gasteiger partial charge is 0.0286 e. The monoisotopic (exact) mass is 377 g/mol. The predicted octanol–water partition coefficient (Wildman–Crippen LogP) is 6.94. The van der Waals surface area contributed by atoms with Crippen molar-refractivity contribution in [3.05, 3.63) is 47.7 Å². The first-order chi connectivity index (χ1) is 13.7. The van der Waals surface area contributed by atoms with Crippen molar-refractivity contribution < 1.29 is 0 Å². The van der Waals surface area contributed by atoms with E-state index in [1.54, 1.807) is 12.0 Å². The first-order valence-electron chi connectivity index (χ1n) is 12.2. The minimum Gasteiger partial charge on any atom is -0.372 e. The Hall–Kier alpha value is -1.24. The van der Waals surface area contributed by atoms with Gasteiger partial charge in [-0.3, -0.25) is 0 Å². The van der Waals surface area contributed by atoms with Crippen LogP contribution in [0.5, 0.6) is 0 Å². The summed E-state index contributed by atoms with van der Waals surface area (Å²) >= 11 is 0. The maximum absolute atomic E-state index is 4.49. The highest BCUT2D eigenvalue weighted by Crippen LogP contribution is 2.59. The van der Waals surface area contributed by atoms with Crippen molar-refractivity contribution in [2.45, 2.75) is 89.5 Å². The van der Waals surface area contributed by atoms with Crippen LogP contribution in [0.25, 0.3) is 0 Å². The van der Waals surface area contributed by atoms with Gasteiger partial charge in [-0.15, -0.1) is 0 Å². The van der Waals surface area contributed by atoms with E-state index in [2.05, 4.69) is 42.7 Å². The summed E-state index contributed by atoms with van der Waals surface area (Å²) in [5.41, 5.74) is 4.42. The van der Waals surface area contributed by atoms with Crippen molar-refractivity contribution >= 4 is 0 Å². The molecule has 4 bridgehead atoms. The van der Waals surface area contributed by atoms with E-state index in [9.17, 15) is 0 Å². The second-order valence-corrected chi connectivity index (χ2v) is 10.5. The molecule has 0 heterocycles. The first-order valence-corrected chi connectivity index (χ1v) is 12.2. The van der Waals surface area contributed by atoms with Gasteiger partial charge in [-0.1, -0.05) is 50.1 Å². The van der Waals surface area contributed by atoms with Crippen LogP contribution in [-0.4, -0.2) is 17.5 Å². The molecule has 152 valence electrons. The molecular weight excluding hydrogens is 338 g/mol. The van der Waals surface area contributed by atoms with Gasteiger partial charge in [0.15, 0.2) is 0 Å². The number of hydrogen-bond donors (Lipinski definition) is 0. The highest BCUT2D eigenvalue weighted by molar-refractivity contribution is 5.30. The lowest BCUT2D eigenvalue weighted by molar-refractivity contribution is -0.00278. The second kappa shape index (κ2) is 7.88. The Morgan fingerprint density at radius 2 is 1.50 bits per heavy atom. The summed E-state index contributed by atoms with van der Waals surface area (Å²) in [5.74, 6) is 4.97. The highest BCUT2D eigenvalue weighted by Gasteiger charge is 2.48. The fraction of sp³-hybridized carbons (Fsp3) is 0.704. The molecule has 0 saturated heterocycles. The van der Waals surface area contributed by atoms with Crippen LogP contribution in [0.15, 0.2) is 36.5 Å². The third kappa shape index (κ3) is 3.55. The lowest BCUT2D eigenvalue weighted by Gasteiger charge is -2.54. The van der Waals surface area contributed by atoms with E-state index in [-0.39, 0.29) is 0 Å². The number of nitrogens with zero attached hydrogens (tertiary/aromatic N) is 1. The van der Waals surface area contributed by atoms with E-state index < -0.39 is 0 Å². The molecule has 5 fully saturated rings. The summed E-state index contributed by atoms with van der Waals surface area (Å²) in [6, 6.07) is 10.5. The summed E-state index contributed by atoms with van der Waals surface area (Å²) in [7, 11) is 0. The van der Waals surface area contributed by atoms with Crippen LogP contribution in [0.3, 0.4) is 0 Å². The van der Waals surface area contributed by atoms with E-state index in [1.807, 2.05) is 0 Å². The maximum Gasteiger partial charge on any atom is 0.0286 e. The van der Waals surface area contributed by atoms with Crippen LogP contribution in [0.2, 0.25) is 0 Å². The summed E-state index contributed by atoms with van der Waals surface area (Å²) in [4.78, 5) is 2.60. The van der Waals surface area contributed by atoms with Crippen molar-refractivity contribution in [2.75, 3.05) is 6.54 Å². The number of hydrogen-bond acceptors (Lipinski definition) is 1. The third-order valence-corrected chi connectivity index (χ3v) is 8.76. The molecule has 5 aliphatic carbocycles. The van der Waals surface area contributed by atoms with Gasteiger partial charge in [-0.2, -0.15) is 0 Å². The van der Waals surface area contributed by atoms with Gasteiger partial charge < -0.3 is 4.90 Å². The molecule has 0 aromatic heterocycles. The van der Waals surface area contributed by atoms with Gasteiger partial charge in [-0.25, -0.2) is 0 Å². The van der Waals surface area contributed by atoms with E-state index in [1.165, 1.54) is 69.0 Å². The molecule has 0 radical (unpaired) electrons. The molecular formula is C27H39N. The van der Waals surface area contributed by atoms with E-state index in [4.69, 9.17) is 0 Å². The van der Waals surface area contributed by atoms with Crippen LogP contribution in [0.1, 0.15) is 88.2 Å². The zero-order valence-corrected chi connectivity index (χ0v) is 17.9. The molecule has 1 aromatic carbocycles. The van der Waals surface area contributed by atoms with E-state index >= 15 is 0 Å². The fourth-order valence-corrected chi connectivity index (χ4v) is 7.80. The number of allylic oxidation sites excluding steroid dienone is 1. The Kier molecular flexibility index (Phi) is 5.28. The minimum atomic E-state index is 0.735. The molecule has 5 aliphatic rings. The molecule has 0 amide bonds. The number of likely N-dealkylation sites (N-methyl/N-ethyl adjacent to an activating group) is 1. The molecule has 28 heavy (non-hydrogen) atoms. The standard InChI is InChI=1S/C27H39N/c1-3-28(26-7-5-4-6-8-26)19(2)13-20-9-11-23(12-10-20)27-24-15-21-14-22(17-24)18-25(27)16-21/h9-12,21-22,24-27H,2-8,13-18H2,1H3. The lowest BCUT2D eigenvalue weighted by atomic mass is 9.51. The van der Waals surface area contributed by atoms with Gasteiger partial charge >= 0.3 is 0 Å². The quantitative estimate of drug-likeness (QED) is 0.519. The Bertz CT molecular complexity index is 653. The molecule has 5 saturated carbocycles. The van der Waals surface area contributed by atoms with E-state index in [0.717, 1.165) is 48.6 Å². The largest absolute Gasteiger partial charge is 0.372 e. The van der Waals surface area contributed by atoms with Crippen molar-refractivity contribution in [2.24, 2.45) is 23.7 Å². The molecule has 1 heteroatoms. The average Bonchev–Trinajstić information content (AvgIpc) is 2.70. The highest BCUT2D eigenvalue weighted by atomic mass is 15.2. The van der Waals surface area contributed by atoms with Gasteiger partial charge in [0, 0.05) is 24.7 Å². The Labute approximate surface area is 172 Å². The van der Waals surface area contributed by atoms with Gasteiger partial charge in [0.2, 0.25) is 0 Å². The van der Waals surface area contributed by atoms with Crippen LogP contribution >= 0.6 is 0 Å². The van der Waals surface area contributed by atoms with Crippen molar-refractivity contribution in [1.82, 2.24) is 4.90 Å². The minimum absolute atomic E-state index is 0.735. The molecule has 0 spiro atoms. The average molecular weight is 378 g/mol. The van der Waals surface area contributed by atoms with Crippen molar-refractivity contribution in [1.29, 1.82) is 0 Å². The molecule has 0 aliphatic heterocycles.